The highest BCUT2D eigenvalue weighted by molar-refractivity contribution is 6.01. The Morgan fingerprint density at radius 2 is 1.86 bits per heavy atom. The lowest BCUT2D eigenvalue weighted by atomic mass is 9.86. The summed E-state index contributed by atoms with van der Waals surface area (Å²) in [7, 11) is 1.38. The molecule has 0 radical (unpaired) electrons. The number of ether oxygens (including phenoxy) is 1. The topological polar surface area (TPSA) is 72.7 Å². The molecule has 6 nitrogen and oxygen atoms in total. The maximum Gasteiger partial charge on any atom is 0.313 e. The number of nitro benzene ring substituents is 1. The van der Waals surface area contributed by atoms with Gasteiger partial charge in [-0.05, 0) is 17.0 Å². The van der Waals surface area contributed by atoms with Gasteiger partial charge in [-0.25, -0.2) is 0 Å². The first kappa shape index (κ1) is 17.9. The molecule has 0 saturated carbocycles. The molecule has 0 unspecified atom stereocenters. The van der Waals surface area contributed by atoms with Crippen molar-refractivity contribution >= 4 is 17.3 Å². The first-order valence-electron chi connectivity index (χ1n) is 7.43. The molecule has 0 aliphatic carbocycles. The van der Waals surface area contributed by atoms with Crippen molar-refractivity contribution in [1.82, 2.24) is 0 Å². The smallest absolute Gasteiger partial charge is 0.313 e. The molecule has 122 valence electrons. The number of nitrogens with zero attached hydrogens (tertiary/aromatic N) is 2. The van der Waals surface area contributed by atoms with E-state index in [0.717, 1.165) is 5.56 Å². The first-order valence-corrected chi connectivity index (χ1v) is 7.43. The van der Waals surface area contributed by atoms with Crippen LogP contribution in [0.1, 0.15) is 46.6 Å². The summed E-state index contributed by atoms with van der Waals surface area (Å²) in [6.45, 7) is 10.5. The molecule has 1 aromatic carbocycles. The average Bonchev–Trinajstić information content (AvgIpc) is 2.45. The predicted octanol–water partition coefficient (Wildman–Crippen LogP) is 3.66. The van der Waals surface area contributed by atoms with Gasteiger partial charge >= 0.3 is 5.69 Å². The number of hydrogen-bond donors (Lipinski definition) is 0. The number of β-lactam (4-membered cyclic amide) rings is 1. The van der Waals surface area contributed by atoms with Crippen molar-refractivity contribution in [2.45, 2.75) is 46.5 Å². The molecular weight excluding hydrogens is 284 g/mol. The highest BCUT2D eigenvalue weighted by Crippen LogP contribution is 2.43. The second-order valence-corrected chi connectivity index (χ2v) is 5.85. The van der Waals surface area contributed by atoms with Gasteiger partial charge in [0.1, 0.15) is 0 Å². The van der Waals surface area contributed by atoms with Gasteiger partial charge < -0.3 is 9.64 Å². The maximum atomic E-state index is 11.6. The zero-order valence-corrected chi connectivity index (χ0v) is 14.1. The molecule has 1 fully saturated rings. The number of methoxy groups -OCH3 is 1. The summed E-state index contributed by atoms with van der Waals surface area (Å²) in [4.78, 5) is 23.9. The minimum Gasteiger partial charge on any atom is -0.489 e. The number of rotatable bonds is 3. The van der Waals surface area contributed by atoms with E-state index in [-0.39, 0.29) is 22.8 Å². The molecule has 1 amide bonds. The molecule has 1 aliphatic rings. The maximum absolute atomic E-state index is 11.6. The van der Waals surface area contributed by atoms with Crippen LogP contribution in [0.4, 0.5) is 11.4 Å². The lowest BCUT2D eigenvalue weighted by molar-refractivity contribution is -0.385. The zero-order chi connectivity index (χ0) is 17.1. The Hall–Kier alpha value is -2.11. The van der Waals surface area contributed by atoms with Crippen LogP contribution in [-0.2, 0) is 10.2 Å². The van der Waals surface area contributed by atoms with Crippen molar-refractivity contribution in [2.75, 3.05) is 18.6 Å². The molecule has 1 heterocycles. The van der Waals surface area contributed by atoms with E-state index in [1.165, 1.54) is 18.1 Å². The average molecular weight is 308 g/mol. The Morgan fingerprint density at radius 3 is 2.18 bits per heavy atom. The number of carbonyl (C=O) groups is 1. The fourth-order valence-electron chi connectivity index (χ4n) is 2.15. The lowest BCUT2D eigenvalue weighted by Gasteiger charge is -2.33. The molecule has 1 saturated heterocycles. The Kier molecular flexibility index (Phi) is 5.52. The van der Waals surface area contributed by atoms with Crippen LogP contribution in [0.15, 0.2) is 12.1 Å². The number of anilines is 1. The van der Waals surface area contributed by atoms with Gasteiger partial charge in [0.15, 0.2) is 0 Å². The molecular formula is C16H24N2O4. The van der Waals surface area contributed by atoms with Crippen LogP contribution in [0.25, 0.3) is 0 Å². The summed E-state index contributed by atoms with van der Waals surface area (Å²) in [5.74, 6) is 0.111. The number of benzene rings is 1. The second-order valence-electron chi connectivity index (χ2n) is 5.85. The van der Waals surface area contributed by atoms with Gasteiger partial charge in [0.05, 0.1) is 17.7 Å². The third kappa shape index (κ3) is 3.37. The van der Waals surface area contributed by atoms with E-state index in [2.05, 4.69) is 0 Å². The quantitative estimate of drug-likeness (QED) is 0.485. The second kappa shape index (κ2) is 6.77. The first-order chi connectivity index (χ1) is 10.3. The molecule has 22 heavy (non-hydrogen) atoms. The van der Waals surface area contributed by atoms with Gasteiger partial charge in [-0.15, -0.1) is 0 Å². The van der Waals surface area contributed by atoms with E-state index in [0.29, 0.717) is 18.7 Å². The third-order valence-corrected chi connectivity index (χ3v) is 3.46. The lowest BCUT2D eigenvalue weighted by Crippen LogP contribution is -2.43. The minimum absolute atomic E-state index is 0.0383. The fourth-order valence-corrected chi connectivity index (χ4v) is 2.15. The SMILES string of the molecule is CC.COc1c(N2CCC2=O)cc(C(C)(C)C)cc1[N+](=O)[O-]. The van der Waals surface area contributed by atoms with Crippen molar-refractivity contribution in [1.29, 1.82) is 0 Å². The number of carbonyl (C=O) groups excluding carboxylic acids is 1. The molecule has 0 bridgehead atoms. The van der Waals surface area contributed by atoms with E-state index in [9.17, 15) is 14.9 Å². The molecule has 2 rings (SSSR count). The zero-order valence-electron chi connectivity index (χ0n) is 14.1. The van der Waals surface area contributed by atoms with Gasteiger partial charge in [-0.1, -0.05) is 34.6 Å². The van der Waals surface area contributed by atoms with Crippen LogP contribution in [0.3, 0.4) is 0 Å². The normalized spacial score (nSPS) is 13.9. The fraction of sp³-hybridized carbons (Fsp3) is 0.562. The minimum atomic E-state index is -0.470. The number of amides is 1. The van der Waals surface area contributed by atoms with Crippen molar-refractivity contribution in [3.63, 3.8) is 0 Å². The van der Waals surface area contributed by atoms with Crippen molar-refractivity contribution in [3.8, 4) is 5.75 Å². The van der Waals surface area contributed by atoms with Crippen LogP contribution >= 0.6 is 0 Å². The van der Waals surface area contributed by atoms with Gasteiger partial charge in [0.25, 0.3) is 0 Å². The Labute approximate surface area is 131 Å². The van der Waals surface area contributed by atoms with Crippen molar-refractivity contribution < 1.29 is 14.5 Å². The summed E-state index contributed by atoms with van der Waals surface area (Å²) in [6.07, 6.45) is 0.469. The Balaban J connectivity index is 0.00000116. The highest BCUT2D eigenvalue weighted by atomic mass is 16.6. The molecule has 0 atom stereocenters. The van der Waals surface area contributed by atoms with E-state index in [4.69, 9.17) is 4.74 Å². The monoisotopic (exact) mass is 308 g/mol. The van der Waals surface area contributed by atoms with Crippen LogP contribution in [0, 0.1) is 10.1 Å². The van der Waals surface area contributed by atoms with Gasteiger partial charge in [0, 0.05) is 19.0 Å². The summed E-state index contributed by atoms with van der Waals surface area (Å²) >= 11 is 0. The van der Waals surface area contributed by atoms with Gasteiger partial charge in [0.2, 0.25) is 11.7 Å². The standard InChI is InChI=1S/C14H18N2O4.C2H6/c1-14(2,3)9-7-10(15-6-5-12(15)17)13(20-4)11(8-9)16(18)19;1-2/h7-8H,5-6H2,1-4H3;1-2H3. The predicted molar refractivity (Wildman–Crippen MR) is 86.7 cm³/mol. The molecule has 6 heteroatoms. The van der Waals surface area contributed by atoms with E-state index < -0.39 is 4.92 Å². The highest BCUT2D eigenvalue weighted by Gasteiger charge is 2.33. The van der Waals surface area contributed by atoms with Crippen LogP contribution in [0.5, 0.6) is 5.75 Å². The third-order valence-electron chi connectivity index (χ3n) is 3.46. The molecule has 1 aromatic rings. The van der Waals surface area contributed by atoms with Crippen LogP contribution < -0.4 is 9.64 Å². The van der Waals surface area contributed by atoms with Crippen molar-refractivity contribution in [2.24, 2.45) is 0 Å². The summed E-state index contributed by atoms with van der Waals surface area (Å²) in [5, 5.41) is 11.2. The van der Waals surface area contributed by atoms with Crippen LogP contribution in [-0.4, -0.2) is 24.5 Å². The van der Waals surface area contributed by atoms with Gasteiger partial charge in [-0.3, -0.25) is 14.9 Å². The van der Waals surface area contributed by atoms with Gasteiger partial charge in [-0.2, -0.15) is 0 Å². The van der Waals surface area contributed by atoms with E-state index in [1.807, 2.05) is 40.7 Å². The van der Waals surface area contributed by atoms with E-state index >= 15 is 0 Å². The molecule has 0 aromatic heterocycles. The summed E-state index contributed by atoms with van der Waals surface area (Å²) in [5.41, 5.74) is 0.942. The molecule has 1 aliphatic heterocycles. The number of hydrogen-bond acceptors (Lipinski definition) is 4. The summed E-state index contributed by atoms with van der Waals surface area (Å²) in [6, 6.07) is 3.33. The van der Waals surface area contributed by atoms with E-state index in [1.54, 1.807) is 0 Å². The molecule has 0 spiro atoms. The van der Waals surface area contributed by atoms with Crippen LogP contribution in [0.2, 0.25) is 0 Å². The Bertz CT molecular complexity index is 576. The largest absolute Gasteiger partial charge is 0.489 e. The Morgan fingerprint density at radius 1 is 1.27 bits per heavy atom. The summed E-state index contributed by atoms with van der Waals surface area (Å²) < 4.78 is 5.18. The number of nitro groups is 1. The molecule has 0 N–H and O–H groups in total. The van der Waals surface area contributed by atoms with Crippen molar-refractivity contribution in [3.05, 3.63) is 27.8 Å².